The van der Waals surface area contributed by atoms with Crippen LogP contribution in [0.5, 0.6) is 0 Å². The van der Waals surface area contributed by atoms with Crippen LogP contribution in [0.2, 0.25) is 0 Å². The highest BCUT2D eigenvalue weighted by atomic mass is 32.2. The predicted octanol–water partition coefficient (Wildman–Crippen LogP) is 3.31. The maximum Gasteiger partial charge on any atom is 0.267 e. The highest BCUT2D eigenvalue weighted by Crippen LogP contribution is 2.35. The number of carbonyl (C=O) groups excluding carboxylic acids is 1. The molecule has 2 heterocycles. The maximum atomic E-state index is 13.9. The topological polar surface area (TPSA) is 46.1 Å². The Kier molecular flexibility index (Phi) is 4.73. The minimum atomic E-state index is -0.165. The van der Waals surface area contributed by atoms with Crippen molar-refractivity contribution in [3.05, 3.63) is 46.2 Å². The molecule has 1 aliphatic rings. The number of halogens is 1. The third-order valence-electron chi connectivity index (χ3n) is 3.73. The minimum Gasteiger partial charge on any atom is -0.337 e. The number of rotatable bonds is 2. The average molecular weight is 337 g/mol. The van der Waals surface area contributed by atoms with Crippen molar-refractivity contribution in [2.24, 2.45) is 0 Å². The summed E-state index contributed by atoms with van der Waals surface area (Å²) in [6, 6.07) is 6.90. The number of aromatic nitrogens is 2. The van der Waals surface area contributed by atoms with Crippen LogP contribution in [0.1, 0.15) is 32.6 Å². The fourth-order valence-electron chi connectivity index (χ4n) is 2.53. The number of hydrogen-bond donors (Lipinski definition) is 0. The molecule has 0 spiro atoms. The van der Waals surface area contributed by atoms with E-state index in [0.717, 1.165) is 29.3 Å². The van der Waals surface area contributed by atoms with E-state index < -0.39 is 0 Å². The van der Waals surface area contributed by atoms with Crippen LogP contribution >= 0.6 is 23.3 Å². The fourth-order valence-corrected chi connectivity index (χ4v) is 4.41. The molecule has 1 atom stereocenters. The molecule has 116 valence electrons. The number of hydrogen-bond acceptors (Lipinski definition) is 5. The first-order valence-corrected chi connectivity index (χ1v) is 8.93. The predicted molar refractivity (Wildman–Crippen MR) is 86.8 cm³/mol. The first kappa shape index (κ1) is 15.4. The molecule has 4 nitrogen and oxygen atoms in total. The Labute approximate surface area is 136 Å². The smallest absolute Gasteiger partial charge is 0.267 e. The molecule has 1 aromatic carbocycles. The molecule has 1 aliphatic heterocycles. The van der Waals surface area contributed by atoms with Crippen molar-refractivity contribution < 1.29 is 9.18 Å². The Bertz CT molecular complexity index is 676. The lowest BCUT2D eigenvalue weighted by Crippen LogP contribution is -2.32. The van der Waals surface area contributed by atoms with Gasteiger partial charge in [-0.15, -0.1) is 5.10 Å². The molecule has 1 fully saturated rings. The third-order valence-corrected chi connectivity index (χ3v) is 5.85. The molecule has 0 radical (unpaired) electrons. The number of thioether (sulfide) groups is 1. The number of amides is 1. The zero-order valence-corrected chi connectivity index (χ0v) is 13.8. The first-order valence-electron chi connectivity index (χ1n) is 7.11. The van der Waals surface area contributed by atoms with E-state index in [1.54, 1.807) is 24.8 Å². The Morgan fingerprint density at radius 1 is 1.36 bits per heavy atom. The molecule has 22 heavy (non-hydrogen) atoms. The molecule has 7 heteroatoms. The number of aryl methyl sites for hydroxylation is 1. The van der Waals surface area contributed by atoms with E-state index in [0.29, 0.717) is 23.7 Å². The van der Waals surface area contributed by atoms with Gasteiger partial charge in [0.2, 0.25) is 0 Å². The molecule has 0 bridgehead atoms. The van der Waals surface area contributed by atoms with Crippen molar-refractivity contribution in [2.45, 2.75) is 18.6 Å². The Hall–Kier alpha value is -1.47. The molecule has 1 amide bonds. The van der Waals surface area contributed by atoms with E-state index in [-0.39, 0.29) is 17.0 Å². The van der Waals surface area contributed by atoms with Crippen molar-refractivity contribution >= 4 is 29.2 Å². The van der Waals surface area contributed by atoms with Gasteiger partial charge in [-0.25, -0.2) is 4.39 Å². The summed E-state index contributed by atoms with van der Waals surface area (Å²) in [5, 5.41) is 3.99. The SMILES string of the molecule is Cc1nnsc1C(=O)N1CCSC(c2ccccc2F)CC1. The van der Waals surface area contributed by atoms with Crippen LogP contribution in [0.15, 0.2) is 24.3 Å². The second-order valence-electron chi connectivity index (χ2n) is 5.15. The normalized spacial score (nSPS) is 19.0. The molecule has 0 saturated carbocycles. The molecular weight excluding hydrogens is 321 g/mol. The van der Waals surface area contributed by atoms with Gasteiger partial charge >= 0.3 is 0 Å². The summed E-state index contributed by atoms with van der Waals surface area (Å²) in [4.78, 5) is 15.0. The lowest BCUT2D eigenvalue weighted by atomic mass is 10.1. The van der Waals surface area contributed by atoms with E-state index in [1.165, 1.54) is 6.07 Å². The highest BCUT2D eigenvalue weighted by molar-refractivity contribution is 7.99. The molecule has 3 rings (SSSR count). The Morgan fingerprint density at radius 3 is 2.91 bits per heavy atom. The van der Waals surface area contributed by atoms with E-state index >= 15 is 0 Å². The quantitative estimate of drug-likeness (QED) is 0.843. The summed E-state index contributed by atoms with van der Waals surface area (Å²) in [5.74, 6) is 0.625. The standard InChI is InChI=1S/C15H16FN3OS2/c1-10-14(22-18-17-10)15(20)19-7-6-13(21-9-8-19)11-4-2-3-5-12(11)16/h2-5,13H,6-9H2,1H3. The zero-order valence-electron chi connectivity index (χ0n) is 12.2. The summed E-state index contributed by atoms with van der Waals surface area (Å²) < 4.78 is 17.8. The van der Waals surface area contributed by atoms with Gasteiger partial charge in [-0.2, -0.15) is 11.8 Å². The monoisotopic (exact) mass is 337 g/mol. The first-order chi connectivity index (χ1) is 10.7. The number of benzene rings is 1. The van der Waals surface area contributed by atoms with Crippen molar-refractivity contribution in [1.82, 2.24) is 14.5 Å². The fraction of sp³-hybridized carbons (Fsp3) is 0.400. The van der Waals surface area contributed by atoms with Gasteiger partial charge in [-0.3, -0.25) is 4.79 Å². The van der Waals surface area contributed by atoms with E-state index in [9.17, 15) is 9.18 Å². The molecule has 0 aliphatic carbocycles. The van der Waals surface area contributed by atoms with Gasteiger partial charge in [0.05, 0.1) is 5.69 Å². The Balaban J connectivity index is 1.72. The van der Waals surface area contributed by atoms with Gasteiger partial charge < -0.3 is 4.90 Å². The maximum absolute atomic E-state index is 13.9. The second-order valence-corrected chi connectivity index (χ2v) is 7.21. The molecule has 1 saturated heterocycles. The van der Waals surface area contributed by atoms with Crippen LogP contribution in [-0.2, 0) is 0 Å². The Morgan fingerprint density at radius 2 is 2.18 bits per heavy atom. The van der Waals surface area contributed by atoms with Crippen LogP contribution in [0, 0.1) is 12.7 Å². The summed E-state index contributed by atoms with van der Waals surface area (Å²) in [6.45, 7) is 3.10. The number of nitrogens with zero attached hydrogens (tertiary/aromatic N) is 3. The second kappa shape index (κ2) is 6.75. The van der Waals surface area contributed by atoms with Gasteiger partial charge in [0, 0.05) is 29.7 Å². The van der Waals surface area contributed by atoms with Crippen LogP contribution in [0.4, 0.5) is 4.39 Å². The van der Waals surface area contributed by atoms with Gasteiger partial charge in [0.15, 0.2) is 0 Å². The van der Waals surface area contributed by atoms with Crippen LogP contribution in [0.25, 0.3) is 0 Å². The van der Waals surface area contributed by atoms with Gasteiger partial charge in [-0.05, 0) is 30.9 Å². The van der Waals surface area contributed by atoms with Gasteiger partial charge in [0.25, 0.3) is 5.91 Å². The molecule has 2 aromatic rings. The van der Waals surface area contributed by atoms with E-state index in [1.807, 2.05) is 17.0 Å². The number of carbonyl (C=O) groups is 1. The molecular formula is C15H16FN3OS2. The van der Waals surface area contributed by atoms with Crippen LogP contribution in [0.3, 0.4) is 0 Å². The van der Waals surface area contributed by atoms with E-state index in [4.69, 9.17) is 0 Å². The lowest BCUT2D eigenvalue weighted by molar-refractivity contribution is 0.0770. The summed E-state index contributed by atoms with van der Waals surface area (Å²) in [5.41, 5.74) is 1.41. The highest BCUT2D eigenvalue weighted by Gasteiger charge is 2.26. The van der Waals surface area contributed by atoms with Crippen molar-refractivity contribution in [2.75, 3.05) is 18.8 Å². The molecule has 1 aromatic heterocycles. The lowest BCUT2D eigenvalue weighted by Gasteiger charge is -2.19. The molecule has 1 unspecified atom stereocenters. The van der Waals surface area contributed by atoms with Crippen LogP contribution in [-0.4, -0.2) is 39.2 Å². The van der Waals surface area contributed by atoms with Crippen molar-refractivity contribution in [3.8, 4) is 0 Å². The largest absolute Gasteiger partial charge is 0.337 e. The summed E-state index contributed by atoms with van der Waals surface area (Å²) in [7, 11) is 0. The van der Waals surface area contributed by atoms with E-state index in [2.05, 4.69) is 9.59 Å². The average Bonchev–Trinajstić information content (AvgIpc) is 2.80. The third kappa shape index (κ3) is 3.15. The van der Waals surface area contributed by atoms with Crippen molar-refractivity contribution in [1.29, 1.82) is 0 Å². The van der Waals surface area contributed by atoms with Crippen LogP contribution < -0.4 is 0 Å². The summed E-state index contributed by atoms with van der Waals surface area (Å²) >= 11 is 2.85. The summed E-state index contributed by atoms with van der Waals surface area (Å²) in [6.07, 6.45) is 0.753. The van der Waals surface area contributed by atoms with Crippen molar-refractivity contribution in [3.63, 3.8) is 0 Å². The molecule has 0 N–H and O–H groups in total. The minimum absolute atomic E-state index is 0.0118. The zero-order chi connectivity index (χ0) is 15.5. The van der Waals surface area contributed by atoms with Gasteiger partial charge in [-0.1, -0.05) is 22.7 Å². The van der Waals surface area contributed by atoms with Gasteiger partial charge in [0.1, 0.15) is 10.7 Å².